The molecule has 0 amide bonds. The van der Waals surface area contributed by atoms with E-state index >= 15 is 0 Å². The molecule has 0 bridgehead atoms. The van der Waals surface area contributed by atoms with Crippen molar-refractivity contribution < 1.29 is 26.3 Å². The van der Waals surface area contributed by atoms with Crippen molar-refractivity contribution >= 4 is 10.2 Å². The largest absolute Gasteiger partial charge is 0.392 e. The van der Waals surface area contributed by atoms with Crippen molar-refractivity contribution in [2.45, 2.75) is 57.9 Å². The highest BCUT2D eigenvalue weighted by atomic mass is 32.2. The second-order valence-corrected chi connectivity index (χ2v) is 8.38. The van der Waals surface area contributed by atoms with Crippen LogP contribution in [0.5, 0.6) is 0 Å². The average Bonchev–Trinajstić information content (AvgIpc) is 2.43. The lowest BCUT2D eigenvalue weighted by molar-refractivity contribution is -0.195. The molecule has 1 saturated carbocycles. The van der Waals surface area contributed by atoms with Crippen LogP contribution in [0.4, 0.5) is 13.2 Å². The maximum atomic E-state index is 13.1. The molecule has 1 N–H and O–H groups in total. The van der Waals surface area contributed by atoms with Crippen molar-refractivity contribution in [3.8, 4) is 0 Å². The summed E-state index contributed by atoms with van der Waals surface area (Å²) in [6, 6.07) is 0. The lowest BCUT2D eigenvalue weighted by atomic mass is 9.79. The molecule has 0 aromatic carbocycles. The third-order valence-corrected chi connectivity index (χ3v) is 6.09. The molecule has 1 aliphatic heterocycles. The average molecular weight is 358 g/mol. The molecule has 9 heteroatoms. The summed E-state index contributed by atoms with van der Waals surface area (Å²) in [4.78, 5) is 0. The number of nitrogens with zero attached hydrogens (tertiary/aromatic N) is 1. The van der Waals surface area contributed by atoms with Crippen molar-refractivity contribution in [3.63, 3.8) is 0 Å². The topological polar surface area (TPSA) is 58.6 Å². The van der Waals surface area contributed by atoms with Crippen LogP contribution >= 0.6 is 0 Å². The van der Waals surface area contributed by atoms with Crippen LogP contribution in [0.2, 0.25) is 0 Å². The molecule has 1 aliphatic carbocycles. The first-order chi connectivity index (χ1) is 10.6. The number of alkyl halides is 3. The zero-order chi connectivity index (χ0) is 17.3. The number of nitrogens with one attached hydrogen (secondary N) is 1. The molecule has 5 nitrogen and oxygen atoms in total. The van der Waals surface area contributed by atoms with Crippen LogP contribution in [0.1, 0.15) is 39.5 Å². The number of hydrogen-bond donors (Lipinski definition) is 1. The van der Waals surface area contributed by atoms with Gasteiger partial charge in [-0.25, -0.2) is 4.72 Å². The lowest BCUT2D eigenvalue weighted by Crippen LogP contribution is -2.53. The van der Waals surface area contributed by atoms with Crippen molar-refractivity contribution in [3.05, 3.63) is 0 Å². The second-order valence-electron chi connectivity index (χ2n) is 6.62. The predicted octanol–water partition coefficient (Wildman–Crippen LogP) is 2.30. The molecule has 0 spiro atoms. The summed E-state index contributed by atoms with van der Waals surface area (Å²) in [6.45, 7) is 3.82. The highest BCUT2D eigenvalue weighted by molar-refractivity contribution is 7.87. The van der Waals surface area contributed by atoms with Gasteiger partial charge in [-0.2, -0.15) is 25.9 Å². The maximum Gasteiger partial charge on any atom is 0.392 e. The summed E-state index contributed by atoms with van der Waals surface area (Å²) >= 11 is 0. The normalized spacial score (nSPS) is 34.5. The van der Waals surface area contributed by atoms with Crippen LogP contribution < -0.4 is 4.72 Å². The van der Waals surface area contributed by atoms with E-state index in [1.54, 1.807) is 13.8 Å². The maximum absolute atomic E-state index is 13.1. The highest BCUT2D eigenvalue weighted by Crippen LogP contribution is 2.41. The number of rotatable bonds is 4. The first kappa shape index (κ1) is 19.0. The molecule has 2 fully saturated rings. The summed E-state index contributed by atoms with van der Waals surface area (Å²) < 4.78 is 73.0. The van der Waals surface area contributed by atoms with E-state index in [-0.39, 0.29) is 38.3 Å². The van der Waals surface area contributed by atoms with Gasteiger partial charge in [0.2, 0.25) is 0 Å². The summed E-state index contributed by atoms with van der Waals surface area (Å²) in [5, 5.41) is 0. The number of ether oxygens (including phenoxy) is 1. The van der Waals surface area contributed by atoms with Crippen molar-refractivity contribution in [1.82, 2.24) is 9.03 Å². The monoisotopic (exact) mass is 358 g/mol. The summed E-state index contributed by atoms with van der Waals surface area (Å²) in [6.07, 6.45) is -2.97. The van der Waals surface area contributed by atoms with E-state index in [0.717, 1.165) is 0 Å². The van der Waals surface area contributed by atoms with E-state index in [1.165, 1.54) is 4.31 Å². The number of hydrogen-bond acceptors (Lipinski definition) is 3. The van der Waals surface area contributed by atoms with E-state index in [0.29, 0.717) is 19.3 Å². The fourth-order valence-corrected chi connectivity index (χ4v) is 4.93. The Hall–Kier alpha value is -0.380. The Balaban J connectivity index is 1.97. The molecule has 0 aromatic rings. The molecule has 4 atom stereocenters. The fourth-order valence-electron chi connectivity index (χ4n) is 3.51. The Morgan fingerprint density at radius 2 is 1.70 bits per heavy atom. The van der Waals surface area contributed by atoms with Crippen molar-refractivity contribution in [2.75, 3.05) is 19.6 Å². The molecule has 1 saturated heterocycles. The summed E-state index contributed by atoms with van der Waals surface area (Å²) in [5.74, 6) is -2.10. The quantitative estimate of drug-likeness (QED) is 0.839. The highest BCUT2D eigenvalue weighted by Gasteiger charge is 2.45. The van der Waals surface area contributed by atoms with Gasteiger partial charge in [0.1, 0.15) is 0 Å². The van der Waals surface area contributed by atoms with Crippen LogP contribution in [0.25, 0.3) is 0 Å². The van der Waals surface area contributed by atoms with E-state index in [9.17, 15) is 21.6 Å². The molecule has 0 radical (unpaired) electrons. The lowest BCUT2D eigenvalue weighted by Gasteiger charge is -2.36. The minimum absolute atomic E-state index is 0.0848. The van der Waals surface area contributed by atoms with Crippen molar-refractivity contribution in [1.29, 1.82) is 0 Å². The van der Waals surface area contributed by atoms with E-state index in [2.05, 4.69) is 4.72 Å². The van der Waals surface area contributed by atoms with Gasteiger partial charge in [-0.3, -0.25) is 0 Å². The van der Waals surface area contributed by atoms with Gasteiger partial charge in [-0.1, -0.05) is 12.8 Å². The predicted molar refractivity (Wildman–Crippen MR) is 80.0 cm³/mol. The van der Waals surface area contributed by atoms with E-state index < -0.39 is 28.2 Å². The van der Waals surface area contributed by atoms with Crippen LogP contribution in [0.3, 0.4) is 0 Å². The summed E-state index contributed by atoms with van der Waals surface area (Å²) in [5.41, 5.74) is 0. The third kappa shape index (κ3) is 5.04. The van der Waals surface area contributed by atoms with Gasteiger partial charge in [0, 0.05) is 19.6 Å². The van der Waals surface area contributed by atoms with Crippen LogP contribution in [-0.2, 0) is 14.9 Å². The van der Waals surface area contributed by atoms with Crippen molar-refractivity contribution in [2.24, 2.45) is 11.8 Å². The smallest absolute Gasteiger partial charge is 0.373 e. The molecular formula is C14H25F3N2O3S. The van der Waals surface area contributed by atoms with Gasteiger partial charge >= 0.3 is 6.18 Å². The standard InChI is InChI=1S/C14H25F3N2O3S/c1-10-8-19(9-11(2)22-10)23(20,21)18-7-12-5-3-4-6-13(12)14(15,16)17/h10-13,18H,3-9H2,1-2H3/t10-,11-,12+,13+/m1/s1. The van der Waals surface area contributed by atoms with Crippen LogP contribution in [-0.4, -0.2) is 50.7 Å². The Kier molecular flexibility index (Phi) is 5.97. The first-order valence-electron chi connectivity index (χ1n) is 8.06. The van der Waals surface area contributed by atoms with Gasteiger partial charge in [-0.05, 0) is 32.6 Å². The fraction of sp³-hybridized carbons (Fsp3) is 1.00. The van der Waals surface area contributed by atoms with Crippen LogP contribution in [0.15, 0.2) is 0 Å². The minimum atomic E-state index is -4.27. The summed E-state index contributed by atoms with van der Waals surface area (Å²) in [7, 11) is -3.78. The number of halogens is 3. The molecule has 0 aromatic heterocycles. The molecule has 136 valence electrons. The van der Waals surface area contributed by atoms with E-state index in [1.807, 2.05) is 0 Å². The van der Waals surface area contributed by atoms with Gasteiger partial charge in [-0.15, -0.1) is 0 Å². The zero-order valence-electron chi connectivity index (χ0n) is 13.5. The number of morpholine rings is 1. The SMILES string of the molecule is C[C@@H]1CN(S(=O)(=O)NC[C@@H]2CCCC[C@@H]2C(F)(F)F)C[C@@H](C)O1. The molecule has 2 aliphatic rings. The van der Waals surface area contributed by atoms with Gasteiger partial charge < -0.3 is 4.74 Å². The molecule has 0 unspecified atom stereocenters. The molecule has 1 heterocycles. The van der Waals surface area contributed by atoms with E-state index in [4.69, 9.17) is 4.74 Å². The Morgan fingerprint density at radius 1 is 1.13 bits per heavy atom. The first-order valence-corrected chi connectivity index (χ1v) is 9.50. The minimum Gasteiger partial charge on any atom is -0.373 e. The van der Waals surface area contributed by atoms with Gasteiger partial charge in [0.05, 0.1) is 18.1 Å². The zero-order valence-corrected chi connectivity index (χ0v) is 14.3. The van der Waals surface area contributed by atoms with Crippen LogP contribution in [0, 0.1) is 11.8 Å². The molecular weight excluding hydrogens is 333 g/mol. The van der Waals surface area contributed by atoms with Gasteiger partial charge in [0.25, 0.3) is 10.2 Å². The molecule has 23 heavy (non-hydrogen) atoms. The molecule has 2 rings (SSSR count). The Bertz CT molecular complexity index is 488. The second kappa shape index (κ2) is 7.25. The Morgan fingerprint density at radius 3 is 2.26 bits per heavy atom. The van der Waals surface area contributed by atoms with Gasteiger partial charge in [0.15, 0.2) is 0 Å². The third-order valence-electron chi connectivity index (χ3n) is 4.58. The Labute approximate surface area is 135 Å².